The predicted octanol–water partition coefficient (Wildman–Crippen LogP) is 6.73. The Morgan fingerprint density at radius 2 is 1.86 bits per heavy atom. The van der Waals surface area contributed by atoms with Crippen LogP contribution in [0.25, 0.3) is 23.1 Å². The first-order valence-electron chi connectivity index (χ1n) is 13.4. The topological polar surface area (TPSA) is 83.0 Å². The van der Waals surface area contributed by atoms with Crippen LogP contribution < -0.4 is 19.6 Å². The highest BCUT2D eigenvalue weighted by Gasteiger charge is 2.35. The molecule has 7 nitrogen and oxygen atoms in total. The minimum absolute atomic E-state index is 0.175. The van der Waals surface area contributed by atoms with E-state index in [2.05, 4.69) is 31.9 Å². The third kappa shape index (κ3) is 5.70. The van der Waals surface area contributed by atoms with Crippen LogP contribution in [0.3, 0.4) is 0 Å². The van der Waals surface area contributed by atoms with Gasteiger partial charge in [0, 0.05) is 26.1 Å². The van der Waals surface area contributed by atoms with E-state index in [-0.39, 0.29) is 17.7 Å². The summed E-state index contributed by atoms with van der Waals surface area (Å²) >= 11 is 8.32. The molecule has 0 fully saturated rings. The summed E-state index contributed by atoms with van der Waals surface area (Å²) in [7, 11) is 1.58. The number of fused-ring (bicyclic) bond motifs is 1. The Labute approximate surface area is 267 Å². The first-order valence-corrected chi connectivity index (χ1v) is 15.8. The van der Waals surface area contributed by atoms with Gasteiger partial charge in [-0.05, 0) is 55.0 Å². The average molecular weight is 720 g/mol. The lowest BCUT2D eigenvalue weighted by Gasteiger charge is -2.26. The molecule has 216 valence electrons. The molecule has 0 aliphatic carbocycles. The zero-order chi connectivity index (χ0) is 30.1. The quantitative estimate of drug-likeness (QED) is 0.174. The maximum Gasteiger partial charge on any atom is 0.338 e. The highest BCUT2D eigenvalue weighted by molar-refractivity contribution is 9.11. The minimum atomic E-state index is -0.799. The summed E-state index contributed by atoms with van der Waals surface area (Å²) in [4.78, 5) is 33.1. The number of furan rings is 1. The van der Waals surface area contributed by atoms with E-state index in [1.165, 1.54) is 11.3 Å². The van der Waals surface area contributed by atoms with Gasteiger partial charge < -0.3 is 13.9 Å². The number of benzene rings is 3. The lowest BCUT2D eigenvalue weighted by molar-refractivity contribution is -0.138. The van der Waals surface area contributed by atoms with E-state index < -0.39 is 12.0 Å². The highest BCUT2D eigenvalue weighted by Crippen LogP contribution is 2.36. The Morgan fingerprint density at radius 1 is 1.05 bits per heavy atom. The van der Waals surface area contributed by atoms with E-state index >= 15 is 0 Å². The Morgan fingerprint density at radius 3 is 2.63 bits per heavy atom. The van der Waals surface area contributed by atoms with Crippen LogP contribution in [0.1, 0.15) is 29.9 Å². The van der Waals surface area contributed by atoms with E-state index in [4.69, 9.17) is 18.9 Å². The molecule has 5 aromatic rings. The molecular weight excluding hydrogens is 696 g/mol. The maximum absolute atomic E-state index is 14.1. The van der Waals surface area contributed by atoms with Crippen molar-refractivity contribution in [3.05, 3.63) is 136 Å². The van der Waals surface area contributed by atoms with Crippen molar-refractivity contribution < 1.29 is 18.7 Å². The van der Waals surface area contributed by atoms with Crippen LogP contribution in [0.4, 0.5) is 0 Å². The number of nitrogens with zero attached hydrogens (tertiary/aromatic N) is 2. The Hall–Kier alpha value is -3.99. The molecule has 3 heterocycles. The third-order valence-corrected chi connectivity index (χ3v) is 9.04. The number of hydrogen-bond donors (Lipinski definition) is 0. The number of carbonyl (C=O) groups is 1. The summed E-state index contributed by atoms with van der Waals surface area (Å²) in [5.41, 5.74) is 2.75. The van der Waals surface area contributed by atoms with Crippen LogP contribution in [0.2, 0.25) is 0 Å². The summed E-state index contributed by atoms with van der Waals surface area (Å²) in [5, 5.41) is 0. The van der Waals surface area contributed by atoms with Gasteiger partial charge in [-0.3, -0.25) is 9.36 Å². The molecule has 0 unspecified atom stereocenters. The van der Waals surface area contributed by atoms with Gasteiger partial charge in [0.15, 0.2) is 4.80 Å². The molecule has 3 aromatic carbocycles. The average Bonchev–Trinajstić information content (AvgIpc) is 3.62. The van der Waals surface area contributed by atoms with Crippen molar-refractivity contribution in [2.24, 2.45) is 4.99 Å². The smallest absolute Gasteiger partial charge is 0.338 e. The minimum Gasteiger partial charge on any atom is -0.497 e. The SMILES string of the molecule is CCOC(=O)C1=C(c2ccccc2)N=c2s/c(=C/c3ccc(-c4cc(Br)ccc4Br)o3)c(=O)n2[C@@H]1c1cccc(OC)c1. The van der Waals surface area contributed by atoms with Crippen LogP contribution in [-0.2, 0) is 9.53 Å². The summed E-state index contributed by atoms with van der Waals surface area (Å²) in [6.45, 7) is 1.93. The molecule has 43 heavy (non-hydrogen) atoms. The number of thiazole rings is 1. The van der Waals surface area contributed by atoms with Gasteiger partial charge in [-0.25, -0.2) is 9.79 Å². The van der Waals surface area contributed by atoms with Crippen molar-refractivity contribution in [1.29, 1.82) is 0 Å². The monoisotopic (exact) mass is 718 g/mol. The number of aromatic nitrogens is 1. The van der Waals surface area contributed by atoms with Gasteiger partial charge in [0.1, 0.15) is 17.3 Å². The van der Waals surface area contributed by atoms with Crippen molar-refractivity contribution >= 4 is 60.9 Å². The molecule has 0 bridgehead atoms. The fourth-order valence-electron chi connectivity index (χ4n) is 4.96. The Balaban J connectivity index is 1.57. The molecule has 0 N–H and O–H groups in total. The van der Waals surface area contributed by atoms with Gasteiger partial charge in [-0.2, -0.15) is 0 Å². The molecule has 1 aliphatic rings. The van der Waals surface area contributed by atoms with Crippen molar-refractivity contribution in [2.75, 3.05) is 13.7 Å². The number of hydrogen-bond acceptors (Lipinski definition) is 7. The van der Waals surface area contributed by atoms with Gasteiger partial charge in [0.25, 0.3) is 5.56 Å². The number of carbonyl (C=O) groups excluding carboxylic acids is 1. The molecule has 0 radical (unpaired) electrons. The van der Waals surface area contributed by atoms with E-state index in [0.29, 0.717) is 37.9 Å². The molecule has 0 saturated carbocycles. The van der Waals surface area contributed by atoms with Crippen LogP contribution >= 0.6 is 43.2 Å². The summed E-state index contributed by atoms with van der Waals surface area (Å²) in [6.07, 6.45) is 1.71. The molecule has 0 saturated heterocycles. The predicted molar refractivity (Wildman–Crippen MR) is 174 cm³/mol. The zero-order valence-corrected chi connectivity index (χ0v) is 27.0. The lowest BCUT2D eigenvalue weighted by atomic mass is 9.93. The lowest BCUT2D eigenvalue weighted by Crippen LogP contribution is -2.40. The number of ether oxygens (including phenoxy) is 2. The Bertz CT molecular complexity index is 2060. The number of esters is 1. The second-order valence-electron chi connectivity index (χ2n) is 9.53. The number of methoxy groups -OCH3 is 1. The molecular formula is C33H24Br2N2O5S. The zero-order valence-electron chi connectivity index (χ0n) is 23.0. The van der Waals surface area contributed by atoms with Gasteiger partial charge in [-0.15, -0.1) is 0 Å². The molecule has 0 spiro atoms. The fourth-order valence-corrected chi connectivity index (χ4v) is 6.74. The second-order valence-corrected chi connectivity index (χ2v) is 12.3. The van der Waals surface area contributed by atoms with E-state index in [0.717, 1.165) is 20.1 Å². The maximum atomic E-state index is 14.1. The van der Waals surface area contributed by atoms with Crippen molar-refractivity contribution in [3.63, 3.8) is 0 Å². The number of rotatable bonds is 7. The molecule has 10 heteroatoms. The van der Waals surface area contributed by atoms with E-state index in [1.54, 1.807) is 24.7 Å². The first kappa shape index (κ1) is 29.1. The van der Waals surface area contributed by atoms with Crippen molar-refractivity contribution in [1.82, 2.24) is 4.57 Å². The molecule has 0 amide bonds. The van der Waals surface area contributed by atoms with Crippen molar-refractivity contribution in [2.45, 2.75) is 13.0 Å². The second kappa shape index (κ2) is 12.3. The van der Waals surface area contributed by atoms with E-state index in [9.17, 15) is 9.59 Å². The summed E-state index contributed by atoms with van der Waals surface area (Å²) in [5.74, 6) is 1.22. The van der Waals surface area contributed by atoms with Crippen LogP contribution in [0, 0.1) is 0 Å². The van der Waals surface area contributed by atoms with Crippen LogP contribution in [0.5, 0.6) is 5.75 Å². The third-order valence-electron chi connectivity index (χ3n) is 6.88. The molecule has 1 atom stereocenters. The van der Waals surface area contributed by atoms with Gasteiger partial charge in [-0.1, -0.05) is 85.7 Å². The van der Waals surface area contributed by atoms with Gasteiger partial charge >= 0.3 is 5.97 Å². The standard InChI is InChI=1S/C33H24Br2N2O5S/c1-3-41-32(39)28-29(19-8-5-4-6-9-19)36-33-37(30(28)20-10-7-11-22(16-20)40-2)31(38)27(43-33)18-23-13-15-26(42-23)24-17-21(34)12-14-25(24)35/h4-18,30H,3H2,1-2H3/b27-18+/t30-/m1/s1. The summed E-state index contributed by atoms with van der Waals surface area (Å²) in [6, 6.07) is 25.5. The molecule has 1 aliphatic heterocycles. The number of halogens is 2. The fraction of sp³-hybridized carbons (Fsp3) is 0.121. The molecule has 6 rings (SSSR count). The normalized spacial score (nSPS) is 14.8. The van der Waals surface area contributed by atoms with Gasteiger partial charge in [0.05, 0.1) is 35.6 Å². The first-order chi connectivity index (χ1) is 20.9. The highest BCUT2D eigenvalue weighted by atomic mass is 79.9. The Kier molecular flexibility index (Phi) is 8.34. The molecule has 2 aromatic heterocycles. The largest absolute Gasteiger partial charge is 0.497 e. The van der Waals surface area contributed by atoms with Crippen LogP contribution in [0.15, 0.2) is 114 Å². The summed E-state index contributed by atoms with van der Waals surface area (Å²) < 4.78 is 20.9. The van der Waals surface area contributed by atoms with Crippen LogP contribution in [-0.4, -0.2) is 24.3 Å². The van der Waals surface area contributed by atoms with Gasteiger partial charge in [0.2, 0.25) is 0 Å². The van der Waals surface area contributed by atoms with E-state index in [1.807, 2.05) is 84.9 Å². The van der Waals surface area contributed by atoms with Crippen molar-refractivity contribution in [3.8, 4) is 17.1 Å².